The Morgan fingerprint density at radius 3 is 2.40 bits per heavy atom. The number of carbonyl (C=O) groups is 1. The minimum Gasteiger partial charge on any atom is -0.436 e. The lowest BCUT2D eigenvalue weighted by Crippen LogP contribution is -2.13. The topological polar surface area (TPSA) is 93.8 Å². The van der Waals surface area contributed by atoms with Gasteiger partial charge in [0.1, 0.15) is 11.8 Å². The van der Waals surface area contributed by atoms with Crippen molar-refractivity contribution >= 4 is 22.7 Å². The maximum atomic E-state index is 12.7. The molecule has 0 spiro atoms. The molecule has 0 saturated carbocycles. The summed E-state index contributed by atoms with van der Waals surface area (Å²) in [6, 6.07) is 17.1. The molecule has 30 heavy (non-hydrogen) atoms. The van der Waals surface area contributed by atoms with Crippen LogP contribution in [-0.4, -0.2) is 25.8 Å². The van der Waals surface area contributed by atoms with Gasteiger partial charge in [-0.25, -0.2) is 15.0 Å². The van der Waals surface area contributed by atoms with E-state index in [4.69, 9.17) is 9.40 Å². The van der Waals surface area contributed by atoms with Crippen molar-refractivity contribution in [2.24, 2.45) is 0 Å². The Morgan fingerprint density at radius 2 is 1.63 bits per heavy atom. The van der Waals surface area contributed by atoms with Crippen LogP contribution in [-0.2, 0) is 0 Å². The summed E-state index contributed by atoms with van der Waals surface area (Å²) in [6.07, 6.45) is 7.72. The van der Waals surface area contributed by atoms with Crippen LogP contribution in [0.2, 0.25) is 0 Å². The van der Waals surface area contributed by atoms with Gasteiger partial charge < -0.3 is 9.73 Å². The minimum atomic E-state index is -0.303. The first-order chi connectivity index (χ1) is 14.8. The molecule has 0 aliphatic rings. The number of rotatable bonds is 4. The van der Waals surface area contributed by atoms with Crippen LogP contribution in [0.25, 0.3) is 33.7 Å². The lowest BCUT2D eigenvalue weighted by molar-refractivity contribution is 0.102. The SMILES string of the molecule is O=C(Nc1ccc2oc(-c3cccnc3)nc2c1-c1ccccc1)c1cncnc1. The van der Waals surface area contributed by atoms with Gasteiger partial charge in [0.2, 0.25) is 5.89 Å². The highest BCUT2D eigenvalue weighted by Gasteiger charge is 2.18. The zero-order valence-electron chi connectivity index (χ0n) is 15.7. The van der Waals surface area contributed by atoms with Gasteiger partial charge in [0, 0.05) is 30.4 Å². The average Bonchev–Trinajstić information content (AvgIpc) is 3.25. The van der Waals surface area contributed by atoms with E-state index in [9.17, 15) is 4.79 Å². The number of hydrogen-bond donors (Lipinski definition) is 1. The Kier molecular flexibility index (Phi) is 4.46. The molecule has 0 saturated heterocycles. The Bertz CT molecular complexity index is 1320. The number of carbonyl (C=O) groups excluding carboxylic acids is 1. The van der Waals surface area contributed by atoms with E-state index < -0.39 is 0 Å². The Balaban J connectivity index is 1.66. The van der Waals surface area contributed by atoms with E-state index in [0.717, 1.165) is 16.7 Å². The third kappa shape index (κ3) is 3.29. The number of nitrogens with one attached hydrogen (secondary N) is 1. The molecule has 1 N–H and O–H groups in total. The molecular formula is C23H15N5O2. The fraction of sp³-hybridized carbons (Fsp3) is 0. The Labute approximate surface area is 171 Å². The highest BCUT2D eigenvalue weighted by Crippen LogP contribution is 2.37. The third-order valence-corrected chi connectivity index (χ3v) is 4.60. The fourth-order valence-corrected chi connectivity index (χ4v) is 3.22. The molecule has 3 heterocycles. The first-order valence-electron chi connectivity index (χ1n) is 9.25. The maximum absolute atomic E-state index is 12.7. The van der Waals surface area contributed by atoms with Gasteiger partial charge >= 0.3 is 0 Å². The van der Waals surface area contributed by atoms with E-state index in [1.807, 2.05) is 48.5 Å². The monoisotopic (exact) mass is 393 g/mol. The van der Waals surface area contributed by atoms with Gasteiger partial charge in [-0.05, 0) is 29.8 Å². The molecule has 0 bridgehead atoms. The van der Waals surface area contributed by atoms with E-state index in [1.165, 1.54) is 18.7 Å². The molecule has 5 rings (SSSR count). The number of fused-ring (bicyclic) bond motifs is 1. The number of amides is 1. The molecule has 0 unspecified atom stereocenters. The van der Waals surface area contributed by atoms with Gasteiger partial charge in [-0.3, -0.25) is 9.78 Å². The number of nitrogens with zero attached hydrogens (tertiary/aromatic N) is 4. The van der Waals surface area contributed by atoms with E-state index >= 15 is 0 Å². The van der Waals surface area contributed by atoms with Crippen LogP contribution in [0.15, 0.2) is 90.1 Å². The van der Waals surface area contributed by atoms with Crippen LogP contribution < -0.4 is 5.32 Å². The molecule has 1 amide bonds. The van der Waals surface area contributed by atoms with Crippen LogP contribution >= 0.6 is 0 Å². The van der Waals surface area contributed by atoms with Gasteiger partial charge in [0.15, 0.2) is 5.58 Å². The molecule has 0 atom stereocenters. The van der Waals surface area contributed by atoms with Crippen molar-refractivity contribution in [3.63, 3.8) is 0 Å². The summed E-state index contributed by atoms with van der Waals surface area (Å²) in [5.41, 5.74) is 4.72. The van der Waals surface area contributed by atoms with Crippen molar-refractivity contribution < 1.29 is 9.21 Å². The fourth-order valence-electron chi connectivity index (χ4n) is 3.22. The summed E-state index contributed by atoms with van der Waals surface area (Å²) in [6.45, 7) is 0. The van der Waals surface area contributed by atoms with Crippen molar-refractivity contribution in [2.75, 3.05) is 5.32 Å². The van der Waals surface area contributed by atoms with Crippen molar-refractivity contribution in [1.82, 2.24) is 19.9 Å². The normalized spacial score (nSPS) is 10.8. The summed E-state index contributed by atoms with van der Waals surface area (Å²) < 4.78 is 5.98. The predicted molar refractivity (Wildman–Crippen MR) is 113 cm³/mol. The minimum absolute atomic E-state index is 0.303. The number of oxazole rings is 1. The molecule has 0 aliphatic heterocycles. The number of anilines is 1. The standard InChI is InChI=1S/C23H15N5O2/c29-22(17-12-25-14-26-13-17)27-18-8-9-19-21(20(18)15-5-2-1-3-6-15)28-23(30-19)16-7-4-10-24-11-16/h1-14H,(H,27,29). The van der Waals surface area contributed by atoms with E-state index in [-0.39, 0.29) is 5.91 Å². The highest BCUT2D eigenvalue weighted by atomic mass is 16.3. The summed E-state index contributed by atoms with van der Waals surface area (Å²) in [5, 5.41) is 2.95. The molecule has 144 valence electrons. The van der Waals surface area contributed by atoms with Gasteiger partial charge in [-0.15, -0.1) is 0 Å². The number of pyridine rings is 1. The largest absolute Gasteiger partial charge is 0.436 e. The van der Waals surface area contributed by atoms with Crippen LogP contribution in [0, 0.1) is 0 Å². The summed E-state index contributed by atoms with van der Waals surface area (Å²) >= 11 is 0. The number of benzene rings is 2. The average molecular weight is 393 g/mol. The lowest BCUT2D eigenvalue weighted by atomic mass is 10.0. The smallest absolute Gasteiger partial charge is 0.258 e. The molecule has 5 aromatic rings. The zero-order valence-corrected chi connectivity index (χ0v) is 15.7. The quantitative estimate of drug-likeness (QED) is 0.480. The summed E-state index contributed by atoms with van der Waals surface area (Å²) in [5.74, 6) is 0.165. The molecule has 3 aromatic heterocycles. The van der Waals surface area contributed by atoms with Crippen molar-refractivity contribution in [1.29, 1.82) is 0 Å². The predicted octanol–water partition coefficient (Wildman–Crippen LogP) is 4.60. The van der Waals surface area contributed by atoms with E-state index in [2.05, 4.69) is 20.3 Å². The summed E-state index contributed by atoms with van der Waals surface area (Å²) in [7, 11) is 0. The Hall–Kier alpha value is -4.39. The molecule has 7 nitrogen and oxygen atoms in total. The highest BCUT2D eigenvalue weighted by molar-refractivity contribution is 6.09. The van der Waals surface area contributed by atoms with Crippen LogP contribution in [0.5, 0.6) is 0 Å². The molecular weight excluding hydrogens is 378 g/mol. The maximum Gasteiger partial charge on any atom is 0.258 e. The van der Waals surface area contributed by atoms with Gasteiger partial charge in [-0.2, -0.15) is 0 Å². The second-order valence-corrected chi connectivity index (χ2v) is 6.54. The van der Waals surface area contributed by atoms with Crippen molar-refractivity contribution in [3.8, 4) is 22.6 Å². The first-order valence-corrected chi connectivity index (χ1v) is 9.25. The van der Waals surface area contributed by atoms with E-state index in [1.54, 1.807) is 18.5 Å². The molecule has 7 heteroatoms. The van der Waals surface area contributed by atoms with E-state index in [0.29, 0.717) is 28.2 Å². The van der Waals surface area contributed by atoms with Crippen LogP contribution in [0.4, 0.5) is 5.69 Å². The molecule has 2 aromatic carbocycles. The Morgan fingerprint density at radius 1 is 0.833 bits per heavy atom. The third-order valence-electron chi connectivity index (χ3n) is 4.60. The van der Waals surface area contributed by atoms with Gasteiger partial charge in [0.25, 0.3) is 5.91 Å². The lowest BCUT2D eigenvalue weighted by Gasteiger charge is -2.11. The molecule has 0 fully saturated rings. The summed E-state index contributed by atoms with van der Waals surface area (Å²) in [4.78, 5) is 29.4. The van der Waals surface area contributed by atoms with Crippen LogP contribution in [0.1, 0.15) is 10.4 Å². The van der Waals surface area contributed by atoms with Crippen molar-refractivity contribution in [2.45, 2.75) is 0 Å². The van der Waals surface area contributed by atoms with Crippen LogP contribution in [0.3, 0.4) is 0 Å². The second-order valence-electron chi connectivity index (χ2n) is 6.54. The number of hydrogen-bond acceptors (Lipinski definition) is 6. The molecule has 0 aliphatic carbocycles. The first kappa shape index (κ1) is 17.7. The molecule has 0 radical (unpaired) electrons. The van der Waals surface area contributed by atoms with Gasteiger partial charge in [0.05, 0.1) is 16.8 Å². The van der Waals surface area contributed by atoms with Gasteiger partial charge in [-0.1, -0.05) is 30.3 Å². The second kappa shape index (κ2) is 7.56. The zero-order chi connectivity index (χ0) is 20.3. The number of aromatic nitrogens is 4. The van der Waals surface area contributed by atoms with Crippen molar-refractivity contribution in [3.05, 3.63) is 91.3 Å².